The van der Waals surface area contributed by atoms with Crippen molar-refractivity contribution in [3.05, 3.63) is 53.9 Å². The minimum Gasteiger partial charge on any atom is -0.327 e. The Morgan fingerprint density at radius 3 is 2.75 bits per heavy atom. The van der Waals surface area contributed by atoms with Gasteiger partial charge in [0.15, 0.2) is 11.6 Å². The summed E-state index contributed by atoms with van der Waals surface area (Å²) in [7, 11) is 0. The molecule has 2 aromatic heterocycles. The van der Waals surface area contributed by atoms with E-state index in [4.69, 9.17) is 0 Å². The highest BCUT2D eigenvalue weighted by Crippen LogP contribution is 2.29. The fourth-order valence-corrected chi connectivity index (χ4v) is 3.41. The molecule has 0 saturated carbocycles. The Kier molecular flexibility index (Phi) is 3.61. The third-order valence-electron chi connectivity index (χ3n) is 4.79. The zero-order valence-corrected chi connectivity index (χ0v) is 13.8. The summed E-state index contributed by atoms with van der Waals surface area (Å²) in [6, 6.07) is 8.73. The van der Waals surface area contributed by atoms with Gasteiger partial charge in [0.25, 0.3) is 0 Å². The minimum absolute atomic E-state index is 0.248. The number of hydrogen-bond donors (Lipinski definition) is 0. The highest BCUT2D eigenvalue weighted by molar-refractivity contribution is 5.83. The Morgan fingerprint density at radius 2 is 1.96 bits per heavy atom. The molecule has 124 valence electrons. The molecule has 1 aliphatic heterocycles. The number of fused-ring (bicyclic) bond motifs is 3. The van der Waals surface area contributed by atoms with Gasteiger partial charge >= 0.3 is 0 Å². The third-order valence-corrected chi connectivity index (χ3v) is 4.79. The summed E-state index contributed by atoms with van der Waals surface area (Å²) in [6.45, 7) is 7.18. The molecule has 1 aromatic carbocycles. The van der Waals surface area contributed by atoms with Crippen LogP contribution in [-0.2, 0) is 13.1 Å². The zero-order chi connectivity index (χ0) is 16.8. The number of benzene rings is 1. The van der Waals surface area contributed by atoms with E-state index < -0.39 is 11.6 Å². The van der Waals surface area contributed by atoms with Gasteiger partial charge in [-0.25, -0.2) is 13.8 Å². The Balaban J connectivity index is 1.79. The van der Waals surface area contributed by atoms with Crippen molar-refractivity contribution in [2.24, 2.45) is 0 Å². The van der Waals surface area contributed by atoms with Gasteiger partial charge in [0.05, 0.1) is 0 Å². The van der Waals surface area contributed by atoms with Crippen LogP contribution in [-0.4, -0.2) is 27.0 Å². The van der Waals surface area contributed by atoms with Crippen LogP contribution in [0.15, 0.2) is 36.5 Å². The fraction of sp³-hybridized carbons (Fsp3) is 0.316. The topological polar surface area (TPSA) is 21.1 Å². The number of rotatable bonds is 2. The maximum atomic E-state index is 14.0. The SMILES string of the molecule is CC(C)N1CCn2c(cc3cc(-c4cccc(F)c4F)cnc32)C1. The first-order valence-electron chi connectivity index (χ1n) is 8.21. The van der Waals surface area contributed by atoms with Crippen LogP contribution in [0.3, 0.4) is 0 Å². The van der Waals surface area contributed by atoms with Crippen LogP contribution in [0.1, 0.15) is 19.5 Å². The summed E-state index contributed by atoms with van der Waals surface area (Å²) in [5.41, 5.74) is 2.98. The van der Waals surface area contributed by atoms with Crippen molar-refractivity contribution in [3.63, 3.8) is 0 Å². The van der Waals surface area contributed by atoms with E-state index in [0.29, 0.717) is 11.6 Å². The average molecular weight is 327 g/mol. The van der Waals surface area contributed by atoms with Crippen molar-refractivity contribution < 1.29 is 8.78 Å². The van der Waals surface area contributed by atoms with Crippen LogP contribution in [0.4, 0.5) is 8.78 Å². The normalized spacial score (nSPS) is 15.2. The summed E-state index contributed by atoms with van der Waals surface area (Å²) in [6.07, 6.45) is 1.63. The van der Waals surface area contributed by atoms with Gasteiger partial charge in [0.2, 0.25) is 0 Å². The molecule has 0 fully saturated rings. The quantitative estimate of drug-likeness (QED) is 0.703. The van der Waals surface area contributed by atoms with Gasteiger partial charge in [0.1, 0.15) is 5.65 Å². The van der Waals surface area contributed by atoms with Crippen molar-refractivity contribution in [2.75, 3.05) is 6.54 Å². The van der Waals surface area contributed by atoms with E-state index in [1.807, 2.05) is 6.07 Å². The lowest BCUT2D eigenvalue weighted by Crippen LogP contribution is -2.38. The second-order valence-electron chi connectivity index (χ2n) is 6.59. The monoisotopic (exact) mass is 327 g/mol. The molecule has 4 rings (SSSR count). The van der Waals surface area contributed by atoms with Crippen LogP contribution in [0.5, 0.6) is 0 Å². The molecule has 0 atom stereocenters. The summed E-state index contributed by atoms with van der Waals surface area (Å²) in [4.78, 5) is 6.94. The van der Waals surface area contributed by atoms with E-state index in [0.717, 1.165) is 36.7 Å². The van der Waals surface area contributed by atoms with Crippen molar-refractivity contribution >= 4 is 11.0 Å². The van der Waals surface area contributed by atoms with E-state index in [1.165, 1.54) is 11.8 Å². The first kappa shape index (κ1) is 15.3. The van der Waals surface area contributed by atoms with Gasteiger partial charge in [0, 0.05) is 54.1 Å². The number of nitrogens with zero attached hydrogens (tertiary/aromatic N) is 3. The number of pyridine rings is 1. The Bertz CT molecular complexity index is 914. The van der Waals surface area contributed by atoms with E-state index in [1.54, 1.807) is 12.3 Å². The molecule has 0 saturated heterocycles. The second-order valence-corrected chi connectivity index (χ2v) is 6.59. The number of aromatic nitrogens is 2. The average Bonchev–Trinajstić information content (AvgIpc) is 2.94. The first-order valence-corrected chi connectivity index (χ1v) is 8.21. The Morgan fingerprint density at radius 1 is 1.12 bits per heavy atom. The van der Waals surface area contributed by atoms with E-state index >= 15 is 0 Å². The molecule has 0 amide bonds. The highest BCUT2D eigenvalue weighted by Gasteiger charge is 2.21. The molecule has 0 radical (unpaired) electrons. The van der Waals surface area contributed by atoms with E-state index in [9.17, 15) is 8.78 Å². The molecule has 0 aliphatic carbocycles. The van der Waals surface area contributed by atoms with Crippen LogP contribution in [0.2, 0.25) is 0 Å². The Hall–Kier alpha value is -2.27. The van der Waals surface area contributed by atoms with E-state index in [-0.39, 0.29) is 5.56 Å². The van der Waals surface area contributed by atoms with Gasteiger partial charge < -0.3 is 4.57 Å². The van der Waals surface area contributed by atoms with E-state index in [2.05, 4.69) is 34.4 Å². The molecule has 5 heteroatoms. The van der Waals surface area contributed by atoms with Crippen LogP contribution in [0.25, 0.3) is 22.2 Å². The molecule has 0 N–H and O–H groups in total. The summed E-state index contributed by atoms with van der Waals surface area (Å²) < 4.78 is 29.7. The van der Waals surface area contributed by atoms with Gasteiger partial charge in [-0.1, -0.05) is 12.1 Å². The lowest BCUT2D eigenvalue weighted by atomic mass is 10.1. The second kappa shape index (κ2) is 5.67. The molecule has 3 aromatic rings. The maximum absolute atomic E-state index is 14.0. The number of halogens is 2. The van der Waals surface area contributed by atoms with Crippen molar-refractivity contribution in [1.82, 2.24) is 14.5 Å². The van der Waals surface area contributed by atoms with Gasteiger partial charge in [-0.3, -0.25) is 4.90 Å². The molecule has 3 heterocycles. The van der Waals surface area contributed by atoms with Crippen LogP contribution >= 0.6 is 0 Å². The zero-order valence-electron chi connectivity index (χ0n) is 13.8. The van der Waals surface area contributed by atoms with Crippen molar-refractivity contribution in [2.45, 2.75) is 33.0 Å². The molecule has 3 nitrogen and oxygen atoms in total. The molecule has 1 aliphatic rings. The van der Waals surface area contributed by atoms with Gasteiger partial charge in [-0.2, -0.15) is 0 Å². The molecule has 0 spiro atoms. The molecular formula is C19H19F2N3. The summed E-state index contributed by atoms with van der Waals surface area (Å²) >= 11 is 0. The van der Waals surface area contributed by atoms with Crippen LogP contribution < -0.4 is 0 Å². The predicted molar refractivity (Wildman–Crippen MR) is 90.6 cm³/mol. The smallest absolute Gasteiger partial charge is 0.166 e. The third kappa shape index (κ3) is 2.40. The Labute approximate surface area is 139 Å². The molecular weight excluding hydrogens is 308 g/mol. The minimum atomic E-state index is -0.837. The van der Waals surface area contributed by atoms with Crippen molar-refractivity contribution in [1.29, 1.82) is 0 Å². The highest BCUT2D eigenvalue weighted by atomic mass is 19.2. The molecule has 0 unspecified atom stereocenters. The van der Waals surface area contributed by atoms with Crippen LogP contribution in [0, 0.1) is 11.6 Å². The van der Waals surface area contributed by atoms with Gasteiger partial charge in [-0.05, 0) is 32.0 Å². The first-order chi connectivity index (χ1) is 11.5. The summed E-state index contributed by atoms with van der Waals surface area (Å²) in [5, 5.41) is 0.969. The number of hydrogen-bond acceptors (Lipinski definition) is 2. The lowest BCUT2D eigenvalue weighted by Gasteiger charge is -2.31. The van der Waals surface area contributed by atoms with Crippen molar-refractivity contribution in [3.8, 4) is 11.1 Å². The maximum Gasteiger partial charge on any atom is 0.166 e. The summed E-state index contributed by atoms with van der Waals surface area (Å²) in [5.74, 6) is -1.66. The fourth-order valence-electron chi connectivity index (χ4n) is 3.41. The molecule has 24 heavy (non-hydrogen) atoms. The standard InChI is InChI=1S/C19H19F2N3/c1-12(2)23-6-7-24-15(11-23)9-13-8-14(10-22-19(13)24)16-4-3-5-17(20)18(16)21/h3-5,8-10,12H,6-7,11H2,1-2H3. The van der Waals surface area contributed by atoms with Gasteiger partial charge in [-0.15, -0.1) is 0 Å². The largest absolute Gasteiger partial charge is 0.327 e. The predicted octanol–water partition coefficient (Wildman–Crippen LogP) is 4.21. The lowest BCUT2D eigenvalue weighted by molar-refractivity contribution is 0.178. The molecule has 0 bridgehead atoms.